The second kappa shape index (κ2) is 7.00. The molecule has 0 atom stereocenters. The van der Waals surface area contributed by atoms with Gasteiger partial charge in [-0.1, -0.05) is 0 Å². The molecule has 0 saturated heterocycles. The van der Waals surface area contributed by atoms with Crippen molar-refractivity contribution in [3.63, 3.8) is 0 Å². The first-order valence-electron chi connectivity index (χ1n) is 5.75. The zero-order valence-electron chi connectivity index (χ0n) is 10.6. The Bertz CT molecular complexity index is 417. The van der Waals surface area contributed by atoms with Crippen LogP contribution in [0.5, 0.6) is 0 Å². The number of rotatable bonds is 6. The minimum absolute atomic E-state index is 0.0851. The number of nitrogens with zero attached hydrogens (tertiary/aromatic N) is 1. The molecule has 0 aliphatic heterocycles. The molecule has 0 unspecified atom stereocenters. The van der Waals surface area contributed by atoms with Gasteiger partial charge in [-0.15, -0.1) is 11.3 Å². The lowest BCUT2D eigenvalue weighted by molar-refractivity contribution is -0.137. The van der Waals surface area contributed by atoms with E-state index in [1.807, 2.05) is 19.1 Å². The fourth-order valence-electron chi connectivity index (χ4n) is 1.45. The van der Waals surface area contributed by atoms with Crippen LogP contribution in [0, 0.1) is 6.92 Å². The summed E-state index contributed by atoms with van der Waals surface area (Å²) in [6.07, 6.45) is 0.555. The quantitative estimate of drug-likeness (QED) is 0.831. The number of carboxylic acid groups (broad SMARTS) is 1. The predicted molar refractivity (Wildman–Crippen MR) is 70.8 cm³/mol. The molecule has 0 fully saturated rings. The average molecular weight is 270 g/mol. The average Bonchev–Trinajstić information content (AvgIpc) is 2.71. The summed E-state index contributed by atoms with van der Waals surface area (Å²) in [6.45, 7) is 2.98. The van der Waals surface area contributed by atoms with Crippen LogP contribution in [0.1, 0.15) is 22.6 Å². The number of aryl methyl sites for hydroxylation is 1. The van der Waals surface area contributed by atoms with E-state index in [4.69, 9.17) is 5.11 Å². The molecule has 0 saturated carbocycles. The molecule has 1 aromatic rings. The second-order valence-corrected chi connectivity index (χ2v) is 5.46. The van der Waals surface area contributed by atoms with Crippen LogP contribution in [0.3, 0.4) is 0 Å². The summed E-state index contributed by atoms with van der Waals surface area (Å²) in [4.78, 5) is 25.8. The Balaban J connectivity index is 2.25. The number of hydrogen-bond acceptors (Lipinski definition) is 3. The fraction of sp³-hybridized carbons (Fsp3) is 0.500. The van der Waals surface area contributed by atoms with E-state index in [-0.39, 0.29) is 12.5 Å². The monoisotopic (exact) mass is 270 g/mol. The van der Waals surface area contributed by atoms with Gasteiger partial charge in [-0.3, -0.25) is 4.79 Å². The molecule has 2 amide bonds. The summed E-state index contributed by atoms with van der Waals surface area (Å²) < 4.78 is 0. The molecule has 0 bridgehead atoms. The highest BCUT2D eigenvalue weighted by Gasteiger charge is 2.08. The zero-order valence-corrected chi connectivity index (χ0v) is 11.4. The van der Waals surface area contributed by atoms with Gasteiger partial charge in [-0.25, -0.2) is 4.79 Å². The van der Waals surface area contributed by atoms with Gasteiger partial charge in [0.25, 0.3) is 0 Å². The van der Waals surface area contributed by atoms with Gasteiger partial charge in [0, 0.05) is 29.8 Å². The minimum Gasteiger partial charge on any atom is -0.481 e. The number of carbonyl (C=O) groups is 2. The van der Waals surface area contributed by atoms with Gasteiger partial charge in [0.2, 0.25) is 0 Å². The van der Waals surface area contributed by atoms with Crippen LogP contribution in [0.25, 0.3) is 0 Å². The third kappa shape index (κ3) is 5.18. The lowest BCUT2D eigenvalue weighted by atomic mass is 10.3. The van der Waals surface area contributed by atoms with Crippen molar-refractivity contribution in [2.45, 2.75) is 26.3 Å². The Morgan fingerprint density at radius 3 is 2.72 bits per heavy atom. The van der Waals surface area contributed by atoms with Crippen LogP contribution >= 0.6 is 11.3 Å². The molecular weight excluding hydrogens is 252 g/mol. The van der Waals surface area contributed by atoms with Gasteiger partial charge in [0.15, 0.2) is 0 Å². The number of amides is 2. The molecule has 18 heavy (non-hydrogen) atoms. The molecule has 0 aliphatic carbocycles. The van der Waals surface area contributed by atoms with Crippen molar-refractivity contribution in [1.82, 2.24) is 10.2 Å². The molecule has 0 spiro atoms. The summed E-state index contributed by atoms with van der Waals surface area (Å²) in [7, 11) is 1.66. The molecule has 2 N–H and O–H groups in total. The van der Waals surface area contributed by atoms with E-state index < -0.39 is 5.97 Å². The molecule has 1 heterocycles. The van der Waals surface area contributed by atoms with Crippen molar-refractivity contribution < 1.29 is 14.7 Å². The van der Waals surface area contributed by atoms with Crippen molar-refractivity contribution in [2.24, 2.45) is 0 Å². The standard InChI is InChI=1S/C12H18N2O3S/c1-9-5-6-10(18-9)8-13-12(17)14(2)7-3-4-11(15)16/h5-6H,3-4,7-8H2,1-2H3,(H,13,17)(H,15,16). The molecular formula is C12H18N2O3S. The van der Waals surface area contributed by atoms with E-state index in [0.29, 0.717) is 19.5 Å². The van der Waals surface area contributed by atoms with Gasteiger partial charge in [0.1, 0.15) is 0 Å². The molecule has 1 rings (SSSR count). The fourth-order valence-corrected chi connectivity index (χ4v) is 2.28. The van der Waals surface area contributed by atoms with Crippen molar-refractivity contribution in [3.05, 3.63) is 21.9 Å². The van der Waals surface area contributed by atoms with Crippen molar-refractivity contribution in [3.8, 4) is 0 Å². The maximum Gasteiger partial charge on any atom is 0.317 e. The van der Waals surface area contributed by atoms with Crippen LogP contribution in [-0.2, 0) is 11.3 Å². The smallest absolute Gasteiger partial charge is 0.317 e. The maximum absolute atomic E-state index is 11.7. The number of nitrogens with one attached hydrogen (secondary N) is 1. The number of thiophene rings is 1. The zero-order chi connectivity index (χ0) is 13.5. The first-order valence-corrected chi connectivity index (χ1v) is 6.56. The first-order chi connectivity index (χ1) is 8.49. The van der Waals surface area contributed by atoms with Crippen molar-refractivity contribution >= 4 is 23.3 Å². The normalized spacial score (nSPS) is 10.1. The van der Waals surface area contributed by atoms with Crippen LogP contribution in [0.2, 0.25) is 0 Å². The second-order valence-electron chi connectivity index (χ2n) is 4.09. The Labute approximate surface area is 110 Å². The van der Waals surface area contributed by atoms with E-state index in [0.717, 1.165) is 4.88 Å². The summed E-state index contributed by atoms with van der Waals surface area (Å²) >= 11 is 1.65. The van der Waals surface area contributed by atoms with Crippen LogP contribution in [-0.4, -0.2) is 35.6 Å². The third-order valence-corrected chi connectivity index (χ3v) is 3.44. The Morgan fingerprint density at radius 1 is 1.44 bits per heavy atom. The molecule has 0 radical (unpaired) electrons. The Morgan fingerprint density at radius 2 is 2.17 bits per heavy atom. The van der Waals surface area contributed by atoms with E-state index in [9.17, 15) is 9.59 Å². The Hall–Kier alpha value is -1.56. The highest BCUT2D eigenvalue weighted by atomic mass is 32.1. The summed E-state index contributed by atoms with van der Waals surface area (Å²) in [6, 6.07) is 3.83. The molecule has 5 nitrogen and oxygen atoms in total. The van der Waals surface area contributed by atoms with Gasteiger partial charge in [0.05, 0.1) is 6.54 Å². The number of carbonyl (C=O) groups excluding carboxylic acids is 1. The molecule has 0 aliphatic rings. The molecule has 0 aromatic carbocycles. The summed E-state index contributed by atoms with van der Waals surface area (Å²) in [5.41, 5.74) is 0. The van der Waals surface area contributed by atoms with Crippen LogP contribution < -0.4 is 5.32 Å². The number of urea groups is 1. The predicted octanol–water partition coefficient (Wildman–Crippen LogP) is 2.06. The van der Waals surface area contributed by atoms with Crippen molar-refractivity contribution in [2.75, 3.05) is 13.6 Å². The van der Waals surface area contributed by atoms with Gasteiger partial charge >= 0.3 is 12.0 Å². The van der Waals surface area contributed by atoms with Crippen LogP contribution in [0.4, 0.5) is 4.79 Å². The Kier molecular flexibility index (Phi) is 5.64. The SMILES string of the molecule is Cc1ccc(CNC(=O)N(C)CCCC(=O)O)s1. The van der Waals surface area contributed by atoms with E-state index in [2.05, 4.69) is 5.32 Å². The van der Waals surface area contributed by atoms with E-state index in [1.54, 1.807) is 18.4 Å². The first kappa shape index (κ1) is 14.5. The van der Waals surface area contributed by atoms with Crippen LogP contribution in [0.15, 0.2) is 12.1 Å². The minimum atomic E-state index is -0.835. The van der Waals surface area contributed by atoms with Gasteiger partial charge in [-0.2, -0.15) is 0 Å². The van der Waals surface area contributed by atoms with E-state index in [1.165, 1.54) is 9.78 Å². The summed E-state index contributed by atoms with van der Waals surface area (Å²) in [5.74, 6) is -0.835. The molecule has 6 heteroatoms. The molecule has 100 valence electrons. The number of carboxylic acids is 1. The maximum atomic E-state index is 11.7. The largest absolute Gasteiger partial charge is 0.481 e. The topological polar surface area (TPSA) is 69.6 Å². The number of hydrogen-bond donors (Lipinski definition) is 2. The van der Waals surface area contributed by atoms with E-state index >= 15 is 0 Å². The van der Waals surface area contributed by atoms with Gasteiger partial charge in [-0.05, 0) is 25.5 Å². The number of aliphatic carboxylic acids is 1. The third-order valence-electron chi connectivity index (χ3n) is 2.44. The molecule has 1 aromatic heterocycles. The summed E-state index contributed by atoms with van der Waals surface area (Å²) in [5, 5.41) is 11.3. The highest BCUT2D eigenvalue weighted by molar-refractivity contribution is 7.11. The highest BCUT2D eigenvalue weighted by Crippen LogP contribution is 2.14. The lowest BCUT2D eigenvalue weighted by Gasteiger charge is -2.17. The lowest BCUT2D eigenvalue weighted by Crippen LogP contribution is -2.37. The van der Waals surface area contributed by atoms with Crippen molar-refractivity contribution in [1.29, 1.82) is 0 Å². The van der Waals surface area contributed by atoms with Gasteiger partial charge < -0.3 is 15.3 Å².